The maximum atomic E-state index is 13.4. The minimum atomic E-state index is -0.796. The highest BCUT2D eigenvalue weighted by atomic mass is 19.1. The molecular formula is C15H17FN2O2. The number of rotatable bonds is 1. The van der Waals surface area contributed by atoms with Crippen molar-refractivity contribution in [2.24, 2.45) is 0 Å². The minimum Gasteiger partial charge on any atom is -0.314 e. The maximum Gasteiger partial charge on any atom is 0.235 e. The van der Waals surface area contributed by atoms with Crippen LogP contribution in [0.25, 0.3) is 0 Å². The van der Waals surface area contributed by atoms with E-state index in [1.807, 2.05) is 6.92 Å². The summed E-state index contributed by atoms with van der Waals surface area (Å²) in [6.45, 7) is 2.69. The molecule has 4 nitrogen and oxygen atoms in total. The monoisotopic (exact) mass is 276 g/mol. The number of carbonyl (C=O) groups excluding carboxylic acids is 2. The summed E-state index contributed by atoms with van der Waals surface area (Å²) >= 11 is 0. The van der Waals surface area contributed by atoms with Crippen LogP contribution in [0.4, 0.5) is 10.1 Å². The summed E-state index contributed by atoms with van der Waals surface area (Å²) in [6, 6.07) is 6.08. The zero-order valence-electron chi connectivity index (χ0n) is 11.4. The Hall–Kier alpha value is -1.75. The summed E-state index contributed by atoms with van der Waals surface area (Å²) < 4.78 is 13.4. The number of benzene rings is 1. The van der Waals surface area contributed by atoms with Crippen LogP contribution in [0.1, 0.15) is 26.2 Å². The highest BCUT2D eigenvalue weighted by Crippen LogP contribution is 2.40. The van der Waals surface area contributed by atoms with E-state index >= 15 is 0 Å². The largest absolute Gasteiger partial charge is 0.314 e. The van der Waals surface area contributed by atoms with Gasteiger partial charge >= 0.3 is 0 Å². The number of halogens is 1. The Balaban J connectivity index is 2.06. The van der Waals surface area contributed by atoms with Crippen LogP contribution in [0, 0.1) is 5.82 Å². The zero-order chi connectivity index (χ0) is 14.3. The molecule has 0 radical (unpaired) electrons. The smallest absolute Gasteiger partial charge is 0.235 e. The van der Waals surface area contributed by atoms with Gasteiger partial charge < -0.3 is 5.32 Å². The van der Waals surface area contributed by atoms with Crippen molar-refractivity contribution < 1.29 is 14.0 Å². The standard InChI is InChI=1S/C15H17FN2O2/c1-10-9-15(5-6-17-10)13(19)8-14(20)18(15)12-4-2-3-11(16)7-12/h2-4,7,10,17H,5-6,8-9H2,1H3/t10-,15+/m1/s1. The van der Waals surface area contributed by atoms with Crippen molar-refractivity contribution in [1.29, 1.82) is 0 Å². The second-order valence-corrected chi connectivity index (χ2v) is 5.65. The number of nitrogens with one attached hydrogen (secondary N) is 1. The minimum absolute atomic E-state index is 0.0416. The molecule has 3 rings (SSSR count). The van der Waals surface area contributed by atoms with Gasteiger partial charge in [0.05, 0.1) is 6.42 Å². The summed E-state index contributed by atoms with van der Waals surface area (Å²) in [5.74, 6) is -0.665. The molecule has 1 N–H and O–H groups in total. The van der Waals surface area contributed by atoms with Crippen molar-refractivity contribution in [3.05, 3.63) is 30.1 Å². The fraction of sp³-hybridized carbons (Fsp3) is 0.467. The van der Waals surface area contributed by atoms with Crippen LogP contribution >= 0.6 is 0 Å². The molecule has 2 fully saturated rings. The van der Waals surface area contributed by atoms with E-state index in [4.69, 9.17) is 0 Å². The van der Waals surface area contributed by atoms with Crippen molar-refractivity contribution in [2.45, 2.75) is 37.8 Å². The molecule has 1 aromatic carbocycles. The van der Waals surface area contributed by atoms with Gasteiger partial charge in [0.2, 0.25) is 5.91 Å². The first kappa shape index (κ1) is 13.2. The van der Waals surface area contributed by atoms with Crippen molar-refractivity contribution >= 4 is 17.4 Å². The lowest BCUT2D eigenvalue weighted by atomic mass is 9.81. The predicted molar refractivity (Wildman–Crippen MR) is 72.9 cm³/mol. The molecule has 2 aliphatic rings. The summed E-state index contributed by atoms with van der Waals surface area (Å²) in [5, 5.41) is 3.29. The number of ketones is 1. The zero-order valence-corrected chi connectivity index (χ0v) is 11.4. The van der Waals surface area contributed by atoms with E-state index in [9.17, 15) is 14.0 Å². The Morgan fingerprint density at radius 2 is 2.20 bits per heavy atom. The average Bonchev–Trinajstić information content (AvgIpc) is 2.60. The van der Waals surface area contributed by atoms with Gasteiger partial charge in [-0.25, -0.2) is 4.39 Å². The predicted octanol–water partition coefficient (Wildman–Crippen LogP) is 1.64. The number of carbonyl (C=O) groups is 2. The van der Waals surface area contributed by atoms with Crippen molar-refractivity contribution in [3.63, 3.8) is 0 Å². The Labute approximate surface area is 117 Å². The third kappa shape index (κ3) is 1.93. The van der Waals surface area contributed by atoms with E-state index in [-0.39, 0.29) is 24.2 Å². The third-order valence-electron chi connectivity index (χ3n) is 4.25. The summed E-state index contributed by atoms with van der Waals surface area (Å²) in [4.78, 5) is 26.2. The number of amides is 1. The first-order chi connectivity index (χ1) is 9.53. The second-order valence-electron chi connectivity index (χ2n) is 5.65. The van der Waals surface area contributed by atoms with Crippen LogP contribution in [0.2, 0.25) is 0 Å². The quantitative estimate of drug-likeness (QED) is 0.793. The Morgan fingerprint density at radius 3 is 2.90 bits per heavy atom. The van der Waals surface area contributed by atoms with Crippen LogP contribution in [0.5, 0.6) is 0 Å². The molecular weight excluding hydrogens is 259 g/mol. The van der Waals surface area contributed by atoms with Crippen LogP contribution in [0.15, 0.2) is 24.3 Å². The second kappa shape index (κ2) is 4.66. The highest BCUT2D eigenvalue weighted by Gasteiger charge is 2.54. The molecule has 0 aliphatic carbocycles. The number of hydrogen-bond donors (Lipinski definition) is 1. The third-order valence-corrected chi connectivity index (χ3v) is 4.25. The maximum absolute atomic E-state index is 13.4. The first-order valence-corrected chi connectivity index (χ1v) is 6.88. The van der Waals surface area contributed by atoms with Gasteiger partial charge in [-0.3, -0.25) is 14.5 Å². The number of Topliss-reactive ketones (excluding diaryl/α,β-unsaturated/α-hetero) is 1. The van der Waals surface area contributed by atoms with Crippen LogP contribution in [-0.4, -0.2) is 29.8 Å². The molecule has 0 bridgehead atoms. The van der Waals surface area contributed by atoms with Gasteiger partial charge in [-0.1, -0.05) is 6.07 Å². The van der Waals surface area contributed by atoms with Gasteiger partial charge in [-0.15, -0.1) is 0 Å². The Kier molecular flexibility index (Phi) is 3.09. The number of hydrogen-bond acceptors (Lipinski definition) is 3. The number of anilines is 1. The van der Waals surface area contributed by atoms with E-state index in [2.05, 4.69) is 5.32 Å². The first-order valence-electron chi connectivity index (χ1n) is 6.88. The fourth-order valence-electron chi connectivity index (χ4n) is 3.41. The molecule has 2 atom stereocenters. The van der Waals surface area contributed by atoms with E-state index in [0.29, 0.717) is 25.1 Å². The highest BCUT2D eigenvalue weighted by molar-refractivity contribution is 6.19. The lowest BCUT2D eigenvalue weighted by molar-refractivity contribution is -0.124. The molecule has 106 valence electrons. The number of nitrogens with zero attached hydrogens (tertiary/aromatic N) is 1. The van der Waals surface area contributed by atoms with Crippen LogP contribution in [-0.2, 0) is 9.59 Å². The summed E-state index contributed by atoms with van der Waals surface area (Å²) in [6.07, 6.45) is 1.08. The molecule has 0 unspecified atom stereocenters. The molecule has 1 aromatic rings. The van der Waals surface area contributed by atoms with Crippen LogP contribution in [0.3, 0.4) is 0 Å². The van der Waals surface area contributed by atoms with Crippen molar-refractivity contribution in [1.82, 2.24) is 5.32 Å². The van der Waals surface area contributed by atoms with Crippen molar-refractivity contribution in [2.75, 3.05) is 11.4 Å². The lowest BCUT2D eigenvalue weighted by Gasteiger charge is -2.42. The van der Waals surface area contributed by atoms with Crippen LogP contribution < -0.4 is 10.2 Å². The molecule has 20 heavy (non-hydrogen) atoms. The normalized spacial score (nSPS) is 30.3. The van der Waals surface area contributed by atoms with E-state index in [0.717, 1.165) is 0 Å². The van der Waals surface area contributed by atoms with Gasteiger partial charge in [0.25, 0.3) is 0 Å². The molecule has 2 saturated heterocycles. The summed E-state index contributed by atoms with van der Waals surface area (Å²) in [5.41, 5.74) is -0.315. The SMILES string of the molecule is C[C@@H]1C[C@@]2(CCN1)C(=O)CC(=O)N2c1cccc(F)c1. The summed E-state index contributed by atoms with van der Waals surface area (Å²) in [7, 11) is 0. The average molecular weight is 276 g/mol. The van der Waals surface area contributed by atoms with Gasteiger partial charge in [0, 0.05) is 11.7 Å². The molecule has 5 heteroatoms. The molecule has 2 aliphatic heterocycles. The van der Waals surface area contributed by atoms with E-state index in [1.54, 1.807) is 12.1 Å². The van der Waals surface area contributed by atoms with E-state index < -0.39 is 11.4 Å². The lowest BCUT2D eigenvalue weighted by Crippen LogP contribution is -2.58. The van der Waals surface area contributed by atoms with Gasteiger partial charge in [0.15, 0.2) is 5.78 Å². The molecule has 0 aromatic heterocycles. The van der Waals surface area contributed by atoms with Gasteiger partial charge in [0.1, 0.15) is 11.4 Å². The molecule has 0 saturated carbocycles. The van der Waals surface area contributed by atoms with Gasteiger partial charge in [-0.05, 0) is 44.5 Å². The Bertz CT molecular complexity index is 575. The van der Waals surface area contributed by atoms with Crippen molar-refractivity contribution in [3.8, 4) is 0 Å². The Morgan fingerprint density at radius 1 is 1.40 bits per heavy atom. The number of piperidine rings is 1. The van der Waals surface area contributed by atoms with Gasteiger partial charge in [-0.2, -0.15) is 0 Å². The fourth-order valence-corrected chi connectivity index (χ4v) is 3.41. The topological polar surface area (TPSA) is 49.4 Å². The van der Waals surface area contributed by atoms with E-state index in [1.165, 1.54) is 17.0 Å². The molecule has 1 amide bonds. The molecule has 2 heterocycles. The molecule has 1 spiro atoms.